The predicted molar refractivity (Wildman–Crippen MR) is 80.9 cm³/mol. The van der Waals surface area contributed by atoms with Gasteiger partial charge in [0.25, 0.3) is 0 Å². The molecule has 2 aliphatic heterocycles. The first-order chi connectivity index (χ1) is 9.42. The molecule has 2 unspecified atom stereocenters. The third-order valence-electron chi connectivity index (χ3n) is 5.28. The predicted octanol–water partition coefficient (Wildman–Crippen LogP) is 2.44. The van der Waals surface area contributed by atoms with Crippen molar-refractivity contribution in [3.63, 3.8) is 0 Å². The van der Waals surface area contributed by atoms with Gasteiger partial charge in [0.1, 0.15) is 6.04 Å². The van der Waals surface area contributed by atoms with Gasteiger partial charge in [-0.25, -0.2) is 0 Å². The molecule has 4 heteroatoms. The Balaban J connectivity index is 1.94. The zero-order chi connectivity index (χ0) is 14.8. The molecule has 0 bridgehead atoms. The molecule has 4 nitrogen and oxygen atoms in total. The van der Waals surface area contributed by atoms with Crippen LogP contribution in [0.15, 0.2) is 0 Å². The standard InChI is InChI=1S/C16H30N2O2/c1-16(2)9-6-11-18(14(16)15(19)20)12-8-13-7-4-5-10-17(13)3/h13-14H,4-12H2,1-3H3,(H,19,20). The maximum absolute atomic E-state index is 11.6. The van der Waals surface area contributed by atoms with Crippen LogP contribution in [0, 0.1) is 5.41 Å². The van der Waals surface area contributed by atoms with Gasteiger partial charge in [-0.05, 0) is 57.7 Å². The van der Waals surface area contributed by atoms with Crippen LogP contribution in [0.3, 0.4) is 0 Å². The Labute approximate surface area is 123 Å². The number of nitrogens with zero attached hydrogens (tertiary/aromatic N) is 2. The van der Waals surface area contributed by atoms with Gasteiger partial charge >= 0.3 is 5.97 Å². The fourth-order valence-electron chi connectivity index (χ4n) is 4.05. The van der Waals surface area contributed by atoms with Crippen molar-refractivity contribution in [2.24, 2.45) is 5.41 Å². The first-order valence-electron chi connectivity index (χ1n) is 8.09. The second kappa shape index (κ2) is 6.44. The number of aliphatic carboxylic acids is 1. The second-order valence-corrected chi connectivity index (χ2v) is 7.29. The zero-order valence-corrected chi connectivity index (χ0v) is 13.3. The van der Waals surface area contributed by atoms with E-state index in [4.69, 9.17) is 0 Å². The molecule has 0 aromatic rings. The van der Waals surface area contributed by atoms with Crippen molar-refractivity contribution in [2.75, 3.05) is 26.7 Å². The number of likely N-dealkylation sites (tertiary alicyclic amines) is 2. The van der Waals surface area contributed by atoms with Crippen molar-refractivity contribution in [2.45, 2.75) is 64.5 Å². The molecule has 0 saturated carbocycles. The van der Waals surface area contributed by atoms with Crippen molar-refractivity contribution >= 4 is 5.97 Å². The van der Waals surface area contributed by atoms with E-state index in [9.17, 15) is 9.90 Å². The highest BCUT2D eigenvalue weighted by atomic mass is 16.4. The molecular weight excluding hydrogens is 252 g/mol. The molecule has 2 fully saturated rings. The largest absolute Gasteiger partial charge is 0.480 e. The highest BCUT2D eigenvalue weighted by molar-refractivity contribution is 5.74. The number of carboxylic acid groups (broad SMARTS) is 1. The normalized spacial score (nSPS) is 32.1. The molecule has 2 saturated heterocycles. The van der Waals surface area contributed by atoms with Crippen LogP contribution in [0.1, 0.15) is 52.4 Å². The highest BCUT2D eigenvalue weighted by Crippen LogP contribution is 2.35. The molecule has 116 valence electrons. The summed E-state index contributed by atoms with van der Waals surface area (Å²) in [4.78, 5) is 16.3. The number of hydrogen-bond donors (Lipinski definition) is 1. The molecular formula is C16H30N2O2. The highest BCUT2D eigenvalue weighted by Gasteiger charge is 2.42. The lowest BCUT2D eigenvalue weighted by Gasteiger charge is -2.45. The fraction of sp³-hybridized carbons (Fsp3) is 0.938. The van der Waals surface area contributed by atoms with Crippen LogP contribution in [0.25, 0.3) is 0 Å². The monoisotopic (exact) mass is 282 g/mol. The zero-order valence-electron chi connectivity index (χ0n) is 13.3. The van der Waals surface area contributed by atoms with Gasteiger partial charge in [-0.2, -0.15) is 0 Å². The summed E-state index contributed by atoms with van der Waals surface area (Å²) in [5.74, 6) is -0.647. The molecule has 0 amide bonds. The lowest BCUT2D eigenvalue weighted by Crippen LogP contribution is -2.55. The van der Waals surface area contributed by atoms with Gasteiger partial charge in [-0.1, -0.05) is 20.3 Å². The van der Waals surface area contributed by atoms with Crippen LogP contribution in [0.5, 0.6) is 0 Å². The molecule has 2 rings (SSSR count). The molecule has 2 heterocycles. The lowest BCUT2D eigenvalue weighted by molar-refractivity contribution is -0.150. The van der Waals surface area contributed by atoms with Gasteiger partial charge in [0.15, 0.2) is 0 Å². The summed E-state index contributed by atoms with van der Waals surface area (Å²) in [7, 11) is 2.21. The molecule has 20 heavy (non-hydrogen) atoms. The SMILES string of the molecule is CN1CCCCC1CCN1CCCC(C)(C)C1C(=O)O. The second-order valence-electron chi connectivity index (χ2n) is 7.29. The van der Waals surface area contributed by atoms with E-state index in [1.54, 1.807) is 0 Å². The Morgan fingerprint density at radius 3 is 2.65 bits per heavy atom. The molecule has 0 aromatic heterocycles. The number of rotatable bonds is 4. The van der Waals surface area contributed by atoms with Crippen LogP contribution in [0.2, 0.25) is 0 Å². The topological polar surface area (TPSA) is 43.8 Å². The molecule has 1 N–H and O–H groups in total. The Bertz CT molecular complexity index is 343. The number of hydrogen-bond acceptors (Lipinski definition) is 3. The summed E-state index contributed by atoms with van der Waals surface area (Å²) in [5, 5.41) is 9.58. The molecule has 2 aliphatic rings. The first-order valence-corrected chi connectivity index (χ1v) is 8.09. The quantitative estimate of drug-likeness (QED) is 0.860. The minimum absolute atomic E-state index is 0.109. The van der Waals surface area contributed by atoms with Crippen molar-refractivity contribution in [1.29, 1.82) is 0 Å². The maximum atomic E-state index is 11.6. The van der Waals surface area contributed by atoms with Crippen molar-refractivity contribution in [3.05, 3.63) is 0 Å². The van der Waals surface area contributed by atoms with E-state index in [-0.39, 0.29) is 11.5 Å². The van der Waals surface area contributed by atoms with Crippen LogP contribution < -0.4 is 0 Å². The van der Waals surface area contributed by atoms with E-state index in [0.717, 1.165) is 32.4 Å². The van der Waals surface area contributed by atoms with Crippen LogP contribution in [-0.4, -0.2) is 59.6 Å². The van der Waals surface area contributed by atoms with Crippen LogP contribution in [0.4, 0.5) is 0 Å². The van der Waals surface area contributed by atoms with E-state index >= 15 is 0 Å². The van der Waals surface area contributed by atoms with E-state index in [2.05, 4.69) is 30.7 Å². The van der Waals surface area contributed by atoms with Crippen LogP contribution in [-0.2, 0) is 4.79 Å². The average molecular weight is 282 g/mol. The summed E-state index contributed by atoms with van der Waals surface area (Å²) in [5.41, 5.74) is -0.109. The molecule has 0 aromatic carbocycles. The van der Waals surface area contributed by atoms with Crippen molar-refractivity contribution in [3.8, 4) is 0 Å². The van der Waals surface area contributed by atoms with Gasteiger partial charge in [-0.3, -0.25) is 9.69 Å². The number of carbonyl (C=O) groups is 1. The fourth-order valence-corrected chi connectivity index (χ4v) is 4.05. The Hall–Kier alpha value is -0.610. The smallest absolute Gasteiger partial charge is 0.321 e. The molecule has 0 spiro atoms. The van der Waals surface area contributed by atoms with E-state index in [0.29, 0.717) is 6.04 Å². The Morgan fingerprint density at radius 2 is 2.00 bits per heavy atom. The lowest BCUT2D eigenvalue weighted by atomic mass is 9.76. The van der Waals surface area contributed by atoms with Gasteiger partial charge in [0.05, 0.1) is 0 Å². The molecule has 2 atom stereocenters. The minimum atomic E-state index is -0.647. The summed E-state index contributed by atoms with van der Waals surface area (Å²) < 4.78 is 0. The summed E-state index contributed by atoms with van der Waals surface area (Å²) in [6, 6.07) is 0.327. The Morgan fingerprint density at radius 1 is 1.25 bits per heavy atom. The van der Waals surface area contributed by atoms with Gasteiger partial charge in [-0.15, -0.1) is 0 Å². The van der Waals surface area contributed by atoms with E-state index < -0.39 is 5.97 Å². The third-order valence-corrected chi connectivity index (χ3v) is 5.28. The van der Waals surface area contributed by atoms with Gasteiger partial charge < -0.3 is 10.0 Å². The van der Waals surface area contributed by atoms with Crippen molar-refractivity contribution < 1.29 is 9.90 Å². The van der Waals surface area contributed by atoms with E-state index in [1.807, 2.05) is 0 Å². The van der Waals surface area contributed by atoms with Crippen LogP contribution >= 0.6 is 0 Å². The average Bonchev–Trinajstić information content (AvgIpc) is 2.36. The molecule has 0 aliphatic carbocycles. The van der Waals surface area contributed by atoms with Gasteiger partial charge in [0.2, 0.25) is 0 Å². The van der Waals surface area contributed by atoms with E-state index in [1.165, 1.54) is 25.8 Å². The summed E-state index contributed by atoms with van der Waals surface area (Å²) >= 11 is 0. The molecule has 0 radical (unpaired) electrons. The number of piperidine rings is 2. The third kappa shape index (κ3) is 3.53. The Kier molecular flexibility index (Phi) is 5.08. The van der Waals surface area contributed by atoms with Crippen molar-refractivity contribution in [1.82, 2.24) is 9.80 Å². The van der Waals surface area contributed by atoms with Gasteiger partial charge in [0, 0.05) is 12.6 Å². The first kappa shape index (κ1) is 15.8. The minimum Gasteiger partial charge on any atom is -0.480 e. The number of carboxylic acids is 1. The summed E-state index contributed by atoms with van der Waals surface area (Å²) in [6.07, 6.45) is 7.15. The maximum Gasteiger partial charge on any atom is 0.321 e. The summed E-state index contributed by atoms with van der Waals surface area (Å²) in [6.45, 7) is 7.26.